The van der Waals surface area contributed by atoms with Gasteiger partial charge in [0.15, 0.2) is 0 Å². The van der Waals surface area contributed by atoms with Gasteiger partial charge in [0.05, 0.1) is 5.69 Å². The van der Waals surface area contributed by atoms with Gasteiger partial charge in [-0.2, -0.15) is 4.72 Å². The van der Waals surface area contributed by atoms with E-state index in [1.54, 1.807) is 18.2 Å². The van der Waals surface area contributed by atoms with Crippen LogP contribution in [0.25, 0.3) is 10.1 Å². The number of phenols is 1. The molecule has 156 valence electrons. The number of benzene rings is 2. The Hall–Kier alpha value is -2.66. The third-order valence-electron chi connectivity index (χ3n) is 4.80. The second kappa shape index (κ2) is 7.55. The fourth-order valence-electron chi connectivity index (χ4n) is 3.29. The first kappa shape index (κ1) is 20.6. The van der Waals surface area contributed by atoms with E-state index in [-0.39, 0.29) is 34.4 Å². The molecule has 0 aliphatic carbocycles. The smallest absolute Gasteiger partial charge is 0.250 e. The summed E-state index contributed by atoms with van der Waals surface area (Å²) in [4.78, 5) is 14.1. The molecule has 1 fully saturated rings. The highest BCUT2D eigenvalue weighted by Gasteiger charge is 2.37. The van der Waals surface area contributed by atoms with Gasteiger partial charge in [-0.25, -0.2) is 8.42 Å². The highest BCUT2D eigenvalue weighted by molar-refractivity contribution is 7.91. The third kappa shape index (κ3) is 3.74. The number of carbonyl (C=O) groups excluding carboxylic acids is 1. The number of halogens is 1. The summed E-state index contributed by atoms with van der Waals surface area (Å²) in [6, 6.07) is 9.92. The van der Waals surface area contributed by atoms with E-state index in [4.69, 9.17) is 22.7 Å². The normalized spacial score (nSPS) is 17.0. The van der Waals surface area contributed by atoms with E-state index in [9.17, 15) is 18.3 Å². The van der Waals surface area contributed by atoms with Crippen LogP contribution < -0.4 is 15.4 Å². The van der Waals surface area contributed by atoms with E-state index in [0.717, 1.165) is 21.4 Å². The average molecular weight is 465 g/mol. The Morgan fingerprint density at radius 3 is 2.77 bits per heavy atom. The van der Waals surface area contributed by atoms with Crippen LogP contribution >= 0.6 is 22.9 Å². The van der Waals surface area contributed by atoms with Gasteiger partial charge in [-0.05, 0) is 48.2 Å². The molecule has 1 aromatic heterocycles. The van der Waals surface area contributed by atoms with Crippen LogP contribution in [-0.4, -0.2) is 37.9 Å². The van der Waals surface area contributed by atoms with E-state index < -0.39 is 22.0 Å². The number of hydrogen-bond donors (Lipinski definition) is 4. The standard InChI is InChI=1S/C19H17ClN4O4S2/c20-12-3-1-10-8-17(29-16(10)9-12)30(27,28)23-13-5-6-24(19(13)26)14-7-11(18(21)22)2-4-15(14)25/h1-4,7-9,13,23,25H,5-6H2,(H3,21,22)/t13-/m0/s1. The molecule has 3 aromatic rings. The Morgan fingerprint density at radius 1 is 1.27 bits per heavy atom. The first-order chi connectivity index (χ1) is 14.2. The summed E-state index contributed by atoms with van der Waals surface area (Å²) < 4.78 is 29.0. The van der Waals surface area contributed by atoms with E-state index in [1.165, 1.54) is 29.2 Å². The summed E-state index contributed by atoms with van der Waals surface area (Å²) in [5, 5.41) is 18.9. The van der Waals surface area contributed by atoms with Crippen molar-refractivity contribution in [3.05, 3.63) is 53.1 Å². The second-order valence-corrected chi connectivity index (χ2v) is 10.3. The van der Waals surface area contributed by atoms with Crippen LogP contribution in [-0.2, 0) is 14.8 Å². The first-order valence-corrected chi connectivity index (χ1v) is 11.5. The van der Waals surface area contributed by atoms with Gasteiger partial charge in [-0.15, -0.1) is 11.3 Å². The van der Waals surface area contributed by atoms with Crippen molar-refractivity contribution in [1.29, 1.82) is 5.41 Å². The predicted molar refractivity (Wildman–Crippen MR) is 117 cm³/mol. The molecule has 2 aromatic carbocycles. The fraction of sp³-hybridized carbons (Fsp3) is 0.158. The zero-order valence-electron chi connectivity index (χ0n) is 15.4. The first-order valence-electron chi connectivity index (χ1n) is 8.86. The SMILES string of the molecule is N=C(N)c1ccc(O)c(N2CC[C@H](NS(=O)(=O)c3cc4ccc(Cl)cc4s3)C2=O)c1. The van der Waals surface area contributed by atoms with E-state index in [0.29, 0.717) is 10.6 Å². The second-order valence-electron chi connectivity index (χ2n) is 6.82. The number of nitrogens with one attached hydrogen (secondary N) is 2. The molecule has 1 atom stereocenters. The lowest BCUT2D eigenvalue weighted by Crippen LogP contribution is -2.41. The van der Waals surface area contributed by atoms with Crippen molar-refractivity contribution in [1.82, 2.24) is 4.72 Å². The summed E-state index contributed by atoms with van der Waals surface area (Å²) in [7, 11) is -3.93. The van der Waals surface area contributed by atoms with E-state index in [1.807, 2.05) is 0 Å². The molecular weight excluding hydrogens is 448 g/mol. The summed E-state index contributed by atoms with van der Waals surface area (Å²) in [6.45, 7) is 0.211. The maximum atomic E-state index is 12.9. The Labute approximate surface area is 181 Å². The average Bonchev–Trinajstić information content (AvgIpc) is 3.26. The van der Waals surface area contributed by atoms with Gasteiger partial charge in [0, 0.05) is 21.8 Å². The quantitative estimate of drug-likeness (QED) is 0.340. The van der Waals surface area contributed by atoms with Crippen LogP contribution in [0.15, 0.2) is 46.7 Å². The summed E-state index contributed by atoms with van der Waals surface area (Å²) in [5.41, 5.74) is 6.02. The number of carbonyl (C=O) groups is 1. The lowest BCUT2D eigenvalue weighted by atomic mass is 10.1. The number of sulfonamides is 1. The highest BCUT2D eigenvalue weighted by atomic mass is 35.5. The zero-order valence-corrected chi connectivity index (χ0v) is 17.8. The molecule has 8 nitrogen and oxygen atoms in total. The van der Waals surface area contributed by atoms with Gasteiger partial charge in [0.2, 0.25) is 5.91 Å². The van der Waals surface area contributed by atoms with Gasteiger partial charge in [-0.1, -0.05) is 17.7 Å². The molecule has 30 heavy (non-hydrogen) atoms. The summed E-state index contributed by atoms with van der Waals surface area (Å²) in [6.07, 6.45) is 0.235. The van der Waals surface area contributed by atoms with Crippen molar-refractivity contribution in [3.8, 4) is 5.75 Å². The van der Waals surface area contributed by atoms with Crippen LogP contribution in [0.3, 0.4) is 0 Å². The minimum atomic E-state index is -3.93. The molecule has 1 aliphatic heterocycles. The predicted octanol–water partition coefficient (Wildman–Crippen LogP) is 2.63. The van der Waals surface area contributed by atoms with Crippen molar-refractivity contribution in [3.63, 3.8) is 0 Å². The lowest BCUT2D eigenvalue weighted by Gasteiger charge is -2.19. The molecule has 4 rings (SSSR count). The number of rotatable bonds is 5. The van der Waals surface area contributed by atoms with Gasteiger partial charge in [-0.3, -0.25) is 10.2 Å². The topological polar surface area (TPSA) is 137 Å². The van der Waals surface area contributed by atoms with Crippen LogP contribution in [0.2, 0.25) is 5.02 Å². The van der Waals surface area contributed by atoms with E-state index >= 15 is 0 Å². The maximum absolute atomic E-state index is 12.9. The van der Waals surface area contributed by atoms with Crippen molar-refractivity contribution in [2.75, 3.05) is 11.4 Å². The number of amidine groups is 1. The van der Waals surface area contributed by atoms with Gasteiger partial charge in [0.1, 0.15) is 21.8 Å². The summed E-state index contributed by atoms with van der Waals surface area (Å²) in [5.74, 6) is -0.845. The highest BCUT2D eigenvalue weighted by Crippen LogP contribution is 2.34. The molecular formula is C19H17ClN4O4S2. The number of nitrogen functional groups attached to an aromatic ring is 1. The minimum absolute atomic E-state index is 0.0902. The van der Waals surface area contributed by atoms with Crippen molar-refractivity contribution in [2.24, 2.45) is 5.73 Å². The van der Waals surface area contributed by atoms with Crippen molar-refractivity contribution in [2.45, 2.75) is 16.7 Å². The van der Waals surface area contributed by atoms with Gasteiger partial charge >= 0.3 is 0 Å². The Morgan fingerprint density at radius 2 is 2.03 bits per heavy atom. The van der Waals surface area contributed by atoms with Gasteiger partial charge < -0.3 is 15.7 Å². The molecule has 1 aliphatic rings. The molecule has 1 saturated heterocycles. The molecule has 0 saturated carbocycles. The molecule has 0 unspecified atom stereocenters. The number of aromatic hydroxyl groups is 1. The molecule has 0 bridgehead atoms. The molecule has 0 spiro atoms. The van der Waals surface area contributed by atoms with Crippen LogP contribution in [0.4, 0.5) is 5.69 Å². The molecule has 0 radical (unpaired) electrons. The largest absolute Gasteiger partial charge is 0.506 e. The summed E-state index contributed by atoms with van der Waals surface area (Å²) >= 11 is 7.04. The van der Waals surface area contributed by atoms with Gasteiger partial charge in [0.25, 0.3) is 10.0 Å². The number of thiophene rings is 1. The molecule has 5 N–H and O–H groups in total. The maximum Gasteiger partial charge on any atom is 0.250 e. The number of nitrogens with two attached hydrogens (primary N) is 1. The Balaban J connectivity index is 1.58. The number of hydrogen-bond acceptors (Lipinski definition) is 6. The zero-order chi connectivity index (χ0) is 21.6. The molecule has 11 heteroatoms. The number of anilines is 1. The number of phenolic OH excluding ortho intramolecular Hbond substituents is 1. The fourth-order valence-corrected chi connectivity index (χ4v) is 6.21. The van der Waals surface area contributed by atoms with E-state index in [2.05, 4.69) is 4.72 Å². The number of amides is 1. The minimum Gasteiger partial charge on any atom is -0.506 e. The number of fused-ring (bicyclic) bond motifs is 1. The molecule has 2 heterocycles. The Bertz CT molecular complexity index is 1290. The molecule has 1 amide bonds. The van der Waals surface area contributed by atoms with Crippen LogP contribution in [0.1, 0.15) is 12.0 Å². The third-order valence-corrected chi connectivity index (χ3v) is 8.08. The van der Waals surface area contributed by atoms with Crippen molar-refractivity contribution < 1.29 is 18.3 Å². The lowest BCUT2D eigenvalue weighted by molar-refractivity contribution is -0.118. The monoisotopic (exact) mass is 464 g/mol. The number of nitrogens with zero attached hydrogens (tertiary/aromatic N) is 1. The Kier molecular flexibility index (Phi) is 5.18. The van der Waals surface area contributed by atoms with Crippen LogP contribution in [0, 0.1) is 5.41 Å². The van der Waals surface area contributed by atoms with Crippen LogP contribution in [0.5, 0.6) is 5.75 Å². The van der Waals surface area contributed by atoms with Crippen molar-refractivity contribution >= 4 is 60.5 Å².